The molecule has 0 spiro atoms. The average molecular weight is 243 g/mol. The van der Waals surface area contributed by atoms with Crippen LogP contribution in [0.2, 0.25) is 0 Å². The van der Waals surface area contributed by atoms with E-state index in [1.54, 1.807) is 21.0 Å². The fourth-order valence-corrected chi connectivity index (χ4v) is 2.16. The Morgan fingerprint density at radius 1 is 1.41 bits per heavy atom. The maximum absolute atomic E-state index is 11.0. The zero-order valence-electron chi connectivity index (χ0n) is 11.2. The third kappa shape index (κ3) is 4.64. The van der Waals surface area contributed by atoms with Gasteiger partial charge in [-0.2, -0.15) is 0 Å². The molecular weight excluding hydrogens is 218 g/mol. The van der Waals surface area contributed by atoms with Crippen molar-refractivity contribution in [2.24, 2.45) is 11.3 Å². The largest absolute Gasteiger partial charge is 0.481 e. The Morgan fingerprint density at radius 3 is 2.47 bits per heavy atom. The molecule has 17 heavy (non-hydrogen) atoms. The number of ether oxygens (including phenoxy) is 1. The second kappa shape index (κ2) is 6.36. The highest BCUT2D eigenvalue weighted by molar-refractivity contribution is 5.73. The smallest absolute Gasteiger partial charge is 0.309 e. The number of rotatable bonds is 6. The Balaban J connectivity index is 2.25. The van der Waals surface area contributed by atoms with E-state index in [0.29, 0.717) is 5.92 Å². The van der Waals surface area contributed by atoms with E-state index in [1.807, 2.05) is 0 Å². The molecule has 1 aliphatic heterocycles. The summed E-state index contributed by atoms with van der Waals surface area (Å²) in [7, 11) is 1.75. The molecule has 1 rings (SSSR count). The molecule has 0 aromatic rings. The van der Waals surface area contributed by atoms with E-state index in [9.17, 15) is 4.79 Å². The Morgan fingerprint density at radius 2 is 2.00 bits per heavy atom. The van der Waals surface area contributed by atoms with E-state index >= 15 is 0 Å². The molecule has 1 N–H and O–H groups in total. The van der Waals surface area contributed by atoms with Crippen LogP contribution in [0.25, 0.3) is 0 Å². The van der Waals surface area contributed by atoms with Gasteiger partial charge in [-0.15, -0.1) is 0 Å². The standard InChI is InChI=1S/C13H25NO3/c1-13(2,12(15)16)6-9-14-7-4-11(5-8-14)10-17-3/h11H,4-10H2,1-3H3,(H,15,16). The number of aliphatic carboxylic acids is 1. The highest BCUT2D eigenvalue weighted by Crippen LogP contribution is 2.23. The van der Waals surface area contributed by atoms with E-state index in [1.165, 1.54) is 12.8 Å². The van der Waals surface area contributed by atoms with Crippen LogP contribution < -0.4 is 0 Å². The Hall–Kier alpha value is -0.610. The predicted molar refractivity (Wildman–Crippen MR) is 67.1 cm³/mol. The van der Waals surface area contributed by atoms with Crippen LogP contribution in [0.4, 0.5) is 0 Å². The van der Waals surface area contributed by atoms with Crippen LogP contribution >= 0.6 is 0 Å². The molecule has 1 aliphatic rings. The molecule has 4 nitrogen and oxygen atoms in total. The summed E-state index contributed by atoms with van der Waals surface area (Å²) in [4.78, 5) is 13.4. The molecule has 0 amide bonds. The van der Waals surface area contributed by atoms with Gasteiger partial charge < -0.3 is 14.7 Å². The van der Waals surface area contributed by atoms with Crippen LogP contribution in [0.1, 0.15) is 33.1 Å². The molecule has 1 saturated heterocycles. The maximum atomic E-state index is 11.0. The number of likely N-dealkylation sites (tertiary alicyclic amines) is 1. The molecule has 4 heteroatoms. The Bertz CT molecular complexity index is 245. The van der Waals surface area contributed by atoms with Crippen molar-refractivity contribution in [3.8, 4) is 0 Å². The molecule has 0 atom stereocenters. The lowest BCUT2D eigenvalue weighted by atomic mass is 9.88. The zero-order valence-corrected chi connectivity index (χ0v) is 11.2. The second-order valence-electron chi connectivity index (χ2n) is 5.68. The first-order chi connectivity index (χ1) is 7.95. The van der Waals surface area contributed by atoms with Crippen molar-refractivity contribution in [3.63, 3.8) is 0 Å². The van der Waals surface area contributed by atoms with E-state index in [-0.39, 0.29) is 0 Å². The van der Waals surface area contributed by atoms with Crippen molar-refractivity contribution in [2.45, 2.75) is 33.1 Å². The molecule has 0 aromatic carbocycles. The summed E-state index contributed by atoms with van der Waals surface area (Å²) < 4.78 is 5.17. The van der Waals surface area contributed by atoms with Gasteiger partial charge in [0, 0.05) is 13.7 Å². The van der Waals surface area contributed by atoms with Crippen molar-refractivity contribution in [1.82, 2.24) is 4.90 Å². The average Bonchev–Trinajstić information content (AvgIpc) is 2.28. The van der Waals surface area contributed by atoms with Crippen molar-refractivity contribution in [1.29, 1.82) is 0 Å². The first kappa shape index (κ1) is 14.5. The van der Waals surface area contributed by atoms with Gasteiger partial charge in [0.1, 0.15) is 0 Å². The molecule has 0 radical (unpaired) electrons. The summed E-state index contributed by atoms with van der Waals surface area (Å²) in [5.74, 6) is -0.0181. The number of piperidine rings is 1. The summed E-state index contributed by atoms with van der Waals surface area (Å²) in [6, 6.07) is 0. The van der Waals surface area contributed by atoms with Crippen LogP contribution in [0.5, 0.6) is 0 Å². The van der Waals surface area contributed by atoms with Gasteiger partial charge in [0.25, 0.3) is 0 Å². The fraction of sp³-hybridized carbons (Fsp3) is 0.923. The van der Waals surface area contributed by atoms with Crippen LogP contribution in [0, 0.1) is 11.3 Å². The van der Waals surface area contributed by atoms with Crippen LogP contribution in [0.15, 0.2) is 0 Å². The minimum atomic E-state index is -0.702. The van der Waals surface area contributed by atoms with Gasteiger partial charge in [0.15, 0.2) is 0 Å². The molecule has 0 bridgehead atoms. The van der Waals surface area contributed by atoms with Gasteiger partial charge in [0.05, 0.1) is 5.41 Å². The lowest BCUT2D eigenvalue weighted by molar-refractivity contribution is -0.147. The normalized spacial score (nSPS) is 19.5. The van der Waals surface area contributed by atoms with E-state index < -0.39 is 11.4 Å². The lowest BCUT2D eigenvalue weighted by Crippen LogP contribution is -2.38. The summed E-state index contributed by atoms with van der Waals surface area (Å²) in [6.07, 6.45) is 3.06. The van der Waals surface area contributed by atoms with Crippen molar-refractivity contribution in [3.05, 3.63) is 0 Å². The minimum Gasteiger partial charge on any atom is -0.481 e. The lowest BCUT2D eigenvalue weighted by Gasteiger charge is -2.33. The maximum Gasteiger partial charge on any atom is 0.309 e. The molecular formula is C13H25NO3. The number of methoxy groups -OCH3 is 1. The predicted octanol–water partition coefficient (Wildman–Crippen LogP) is 1.85. The number of hydrogen-bond donors (Lipinski definition) is 1. The quantitative estimate of drug-likeness (QED) is 0.773. The summed E-state index contributed by atoms with van der Waals surface area (Å²) in [5, 5.41) is 9.05. The molecule has 1 heterocycles. The van der Waals surface area contributed by atoms with E-state index in [0.717, 1.165) is 32.7 Å². The van der Waals surface area contributed by atoms with Crippen molar-refractivity contribution < 1.29 is 14.6 Å². The summed E-state index contributed by atoms with van der Waals surface area (Å²) >= 11 is 0. The van der Waals surface area contributed by atoms with Crippen LogP contribution in [0.3, 0.4) is 0 Å². The molecule has 0 saturated carbocycles. The Kier molecular flexibility index (Phi) is 5.40. The van der Waals surface area contributed by atoms with E-state index in [4.69, 9.17) is 9.84 Å². The monoisotopic (exact) mass is 243 g/mol. The SMILES string of the molecule is COCC1CCN(CCC(C)(C)C(=O)O)CC1. The van der Waals surface area contributed by atoms with Crippen molar-refractivity contribution in [2.75, 3.05) is 33.4 Å². The number of carboxylic acid groups (broad SMARTS) is 1. The van der Waals surface area contributed by atoms with Crippen molar-refractivity contribution >= 4 is 5.97 Å². The number of carbonyl (C=O) groups is 1. The topological polar surface area (TPSA) is 49.8 Å². The molecule has 0 aliphatic carbocycles. The van der Waals surface area contributed by atoms with Gasteiger partial charge in [-0.3, -0.25) is 4.79 Å². The molecule has 1 fully saturated rings. The van der Waals surface area contributed by atoms with Crippen LogP contribution in [-0.2, 0) is 9.53 Å². The zero-order chi connectivity index (χ0) is 12.9. The number of nitrogens with zero attached hydrogens (tertiary/aromatic N) is 1. The molecule has 100 valence electrons. The Labute approximate surface area is 104 Å². The molecule has 0 unspecified atom stereocenters. The first-order valence-corrected chi connectivity index (χ1v) is 6.40. The highest BCUT2D eigenvalue weighted by atomic mass is 16.5. The third-order valence-electron chi connectivity index (χ3n) is 3.74. The minimum absolute atomic E-state index is 0.608. The highest BCUT2D eigenvalue weighted by Gasteiger charge is 2.28. The van der Waals surface area contributed by atoms with Gasteiger partial charge in [-0.25, -0.2) is 0 Å². The van der Waals surface area contributed by atoms with Gasteiger partial charge in [0.2, 0.25) is 0 Å². The second-order valence-corrected chi connectivity index (χ2v) is 5.68. The van der Waals surface area contributed by atoms with Gasteiger partial charge >= 0.3 is 5.97 Å². The van der Waals surface area contributed by atoms with Gasteiger partial charge in [-0.05, 0) is 58.7 Å². The summed E-state index contributed by atoms with van der Waals surface area (Å²) in [6.45, 7) is 7.49. The first-order valence-electron chi connectivity index (χ1n) is 6.40. The molecule has 0 aromatic heterocycles. The number of hydrogen-bond acceptors (Lipinski definition) is 3. The summed E-state index contributed by atoms with van der Waals surface area (Å²) in [5.41, 5.74) is -0.608. The third-order valence-corrected chi connectivity index (χ3v) is 3.74. The van der Waals surface area contributed by atoms with E-state index in [2.05, 4.69) is 4.90 Å². The fourth-order valence-electron chi connectivity index (χ4n) is 2.16. The van der Waals surface area contributed by atoms with Gasteiger partial charge in [-0.1, -0.05) is 0 Å². The van der Waals surface area contributed by atoms with Crippen LogP contribution in [-0.4, -0.2) is 49.3 Å². The number of carboxylic acids is 1.